The van der Waals surface area contributed by atoms with Crippen LogP contribution in [0.4, 0.5) is 0 Å². The van der Waals surface area contributed by atoms with Gasteiger partial charge in [0.05, 0.1) is 11.3 Å². The Morgan fingerprint density at radius 2 is 2.25 bits per heavy atom. The normalized spacial score (nSPS) is 19.9. The molecule has 0 atom stereocenters. The summed E-state index contributed by atoms with van der Waals surface area (Å²) in [7, 11) is 1.82. The van der Waals surface area contributed by atoms with Gasteiger partial charge in [0.25, 0.3) is 0 Å². The quantitative estimate of drug-likeness (QED) is 0.834. The molecule has 1 fully saturated rings. The maximum absolute atomic E-state index is 5.74. The van der Waals surface area contributed by atoms with Gasteiger partial charge < -0.3 is 10.1 Å². The highest BCUT2D eigenvalue weighted by atomic mass is 16.5. The molecule has 4 nitrogen and oxygen atoms in total. The Morgan fingerprint density at radius 1 is 1.50 bits per heavy atom. The average molecular weight is 223 g/mol. The molecule has 1 aromatic rings. The van der Waals surface area contributed by atoms with Gasteiger partial charge in [0.1, 0.15) is 0 Å². The van der Waals surface area contributed by atoms with Crippen molar-refractivity contribution in [3.05, 3.63) is 18.0 Å². The van der Waals surface area contributed by atoms with Gasteiger partial charge in [0.2, 0.25) is 0 Å². The second-order valence-corrected chi connectivity index (χ2v) is 4.48. The zero-order chi connectivity index (χ0) is 11.4. The molecular weight excluding hydrogens is 202 g/mol. The number of aromatic nitrogens is 2. The van der Waals surface area contributed by atoms with Gasteiger partial charge in [0, 0.05) is 26.3 Å². The summed E-state index contributed by atoms with van der Waals surface area (Å²) in [5.74, 6) is 0. The molecule has 1 N–H and O–H groups in total. The lowest BCUT2D eigenvalue weighted by Crippen LogP contribution is -2.45. The van der Waals surface area contributed by atoms with Gasteiger partial charge >= 0.3 is 0 Å². The van der Waals surface area contributed by atoms with Crippen LogP contribution in [0.1, 0.15) is 25.5 Å². The molecule has 1 aliphatic heterocycles. The fourth-order valence-electron chi connectivity index (χ4n) is 2.34. The molecule has 1 aromatic heterocycles. The van der Waals surface area contributed by atoms with E-state index in [-0.39, 0.29) is 5.60 Å². The van der Waals surface area contributed by atoms with Crippen molar-refractivity contribution in [3.63, 3.8) is 0 Å². The molecule has 1 aliphatic rings. The van der Waals surface area contributed by atoms with E-state index in [1.165, 1.54) is 0 Å². The van der Waals surface area contributed by atoms with E-state index >= 15 is 0 Å². The molecule has 0 amide bonds. The van der Waals surface area contributed by atoms with Gasteiger partial charge in [-0.15, -0.1) is 0 Å². The lowest BCUT2D eigenvalue weighted by atomic mass is 9.87. The highest BCUT2D eigenvalue weighted by Crippen LogP contribution is 2.26. The number of nitrogens with zero attached hydrogens (tertiary/aromatic N) is 2. The Labute approximate surface area is 97.0 Å². The van der Waals surface area contributed by atoms with E-state index in [2.05, 4.69) is 23.4 Å². The van der Waals surface area contributed by atoms with Crippen molar-refractivity contribution in [2.75, 3.05) is 20.2 Å². The minimum Gasteiger partial charge on any atom is -0.378 e. The minimum absolute atomic E-state index is 0.00181. The van der Waals surface area contributed by atoms with E-state index in [9.17, 15) is 0 Å². The number of aryl methyl sites for hydroxylation is 1. The first-order valence-corrected chi connectivity index (χ1v) is 6.06. The van der Waals surface area contributed by atoms with Crippen molar-refractivity contribution < 1.29 is 4.74 Å². The number of hydrogen-bond acceptors (Lipinski definition) is 3. The summed E-state index contributed by atoms with van der Waals surface area (Å²) in [6.07, 6.45) is 5.11. The molecule has 4 heteroatoms. The summed E-state index contributed by atoms with van der Waals surface area (Å²) < 4.78 is 7.71. The van der Waals surface area contributed by atoms with E-state index in [4.69, 9.17) is 4.74 Å². The minimum atomic E-state index is -0.00181. The molecule has 0 aromatic carbocycles. The summed E-state index contributed by atoms with van der Waals surface area (Å²) >= 11 is 0. The summed E-state index contributed by atoms with van der Waals surface area (Å²) in [6.45, 7) is 5.12. The Hall–Kier alpha value is -0.870. The number of nitrogens with one attached hydrogen (secondary N) is 1. The van der Waals surface area contributed by atoms with Crippen LogP contribution in [0.2, 0.25) is 0 Å². The molecule has 0 spiro atoms. The summed E-state index contributed by atoms with van der Waals surface area (Å²) in [4.78, 5) is 0. The molecule has 0 radical (unpaired) electrons. The van der Waals surface area contributed by atoms with Crippen LogP contribution in [-0.2, 0) is 17.7 Å². The number of rotatable bonds is 4. The van der Waals surface area contributed by atoms with Gasteiger partial charge in [-0.05, 0) is 38.9 Å². The van der Waals surface area contributed by atoms with Crippen LogP contribution >= 0.6 is 0 Å². The fraction of sp³-hybridized carbons (Fsp3) is 0.750. The second kappa shape index (κ2) is 4.97. The number of hydrogen-bond donors (Lipinski definition) is 1. The third-order valence-corrected chi connectivity index (χ3v) is 3.47. The van der Waals surface area contributed by atoms with Crippen LogP contribution in [0.3, 0.4) is 0 Å². The van der Waals surface area contributed by atoms with Gasteiger partial charge in [0.15, 0.2) is 0 Å². The van der Waals surface area contributed by atoms with Crippen molar-refractivity contribution in [2.24, 2.45) is 0 Å². The first kappa shape index (κ1) is 11.6. The summed E-state index contributed by atoms with van der Waals surface area (Å²) in [5.41, 5.74) is 1.14. The number of methoxy groups -OCH3 is 1. The summed E-state index contributed by atoms with van der Waals surface area (Å²) in [6, 6.07) is 2.10. The molecule has 2 heterocycles. The molecule has 16 heavy (non-hydrogen) atoms. The Balaban J connectivity index is 2.05. The predicted octanol–water partition coefficient (Wildman–Crippen LogP) is 1.21. The number of piperidine rings is 1. The molecular formula is C12H21N3O. The number of ether oxygens (including phenoxy) is 1. The van der Waals surface area contributed by atoms with Gasteiger partial charge in [-0.3, -0.25) is 4.68 Å². The monoisotopic (exact) mass is 223 g/mol. The Bertz CT molecular complexity index is 329. The lowest BCUT2D eigenvalue weighted by molar-refractivity contribution is -0.0341. The van der Waals surface area contributed by atoms with Crippen LogP contribution < -0.4 is 5.32 Å². The van der Waals surface area contributed by atoms with Crippen LogP contribution in [-0.4, -0.2) is 35.6 Å². The molecule has 1 saturated heterocycles. The predicted molar refractivity (Wildman–Crippen MR) is 63.4 cm³/mol. The van der Waals surface area contributed by atoms with Crippen LogP contribution in [0.15, 0.2) is 12.3 Å². The van der Waals surface area contributed by atoms with Crippen molar-refractivity contribution in [2.45, 2.75) is 38.3 Å². The van der Waals surface area contributed by atoms with Crippen molar-refractivity contribution in [3.8, 4) is 0 Å². The van der Waals surface area contributed by atoms with Gasteiger partial charge in [-0.1, -0.05) is 0 Å². The molecule has 0 unspecified atom stereocenters. The zero-order valence-corrected chi connectivity index (χ0v) is 10.2. The standard InChI is InChI=1S/C12H21N3O/c1-3-15-9-4-11(14-15)10-12(16-2)5-7-13-8-6-12/h4,9,13H,3,5-8,10H2,1-2H3. The highest BCUT2D eigenvalue weighted by Gasteiger charge is 2.32. The molecule has 0 saturated carbocycles. The molecule has 90 valence electrons. The van der Waals surface area contributed by atoms with E-state index in [0.717, 1.165) is 44.6 Å². The van der Waals surface area contributed by atoms with Crippen molar-refractivity contribution >= 4 is 0 Å². The topological polar surface area (TPSA) is 39.1 Å². The van der Waals surface area contributed by atoms with Crippen molar-refractivity contribution in [1.82, 2.24) is 15.1 Å². The molecule has 2 rings (SSSR count). The second-order valence-electron chi connectivity index (χ2n) is 4.48. The molecule has 0 bridgehead atoms. The van der Waals surface area contributed by atoms with E-state index in [1.54, 1.807) is 0 Å². The maximum atomic E-state index is 5.74. The van der Waals surface area contributed by atoms with Gasteiger partial charge in [-0.25, -0.2) is 0 Å². The van der Waals surface area contributed by atoms with Crippen molar-refractivity contribution in [1.29, 1.82) is 0 Å². The lowest BCUT2D eigenvalue weighted by Gasteiger charge is -2.35. The highest BCUT2D eigenvalue weighted by molar-refractivity contribution is 5.05. The molecule has 0 aliphatic carbocycles. The smallest absolute Gasteiger partial charge is 0.0758 e. The Morgan fingerprint density at radius 3 is 2.81 bits per heavy atom. The summed E-state index contributed by atoms with van der Waals surface area (Å²) in [5, 5.41) is 7.90. The maximum Gasteiger partial charge on any atom is 0.0758 e. The van der Waals surface area contributed by atoms with Crippen LogP contribution in [0.5, 0.6) is 0 Å². The first-order valence-electron chi connectivity index (χ1n) is 6.06. The first-order chi connectivity index (χ1) is 7.78. The van der Waals surface area contributed by atoms with E-state index in [0.29, 0.717) is 0 Å². The Kier molecular flexibility index (Phi) is 3.61. The average Bonchev–Trinajstić information content (AvgIpc) is 2.78. The SMILES string of the molecule is CCn1ccc(CC2(OC)CCNCC2)n1. The zero-order valence-electron chi connectivity index (χ0n) is 10.2. The third kappa shape index (κ3) is 2.44. The fourth-order valence-corrected chi connectivity index (χ4v) is 2.34. The third-order valence-electron chi connectivity index (χ3n) is 3.47. The van der Waals surface area contributed by atoms with Gasteiger partial charge in [-0.2, -0.15) is 5.10 Å². The largest absolute Gasteiger partial charge is 0.378 e. The van der Waals surface area contributed by atoms with E-state index < -0.39 is 0 Å². The van der Waals surface area contributed by atoms with Crippen LogP contribution in [0.25, 0.3) is 0 Å². The van der Waals surface area contributed by atoms with Crippen LogP contribution in [0, 0.1) is 0 Å². The van der Waals surface area contributed by atoms with E-state index in [1.807, 2.05) is 18.0 Å².